The molecule has 0 unspecified atom stereocenters. The van der Waals surface area contributed by atoms with Crippen LogP contribution >= 0.6 is 0 Å². The molecule has 0 radical (unpaired) electrons. The molecule has 0 bridgehead atoms. The third-order valence-corrected chi connectivity index (χ3v) is 2.69. The lowest BCUT2D eigenvalue weighted by Crippen LogP contribution is -2.07. The molecular weight excluding hydrogens is 202 g/mol. The van der Waals surface area contributed by atoms with E-state index in [0.29, 0.717) is 12.4 Å². The number of hydrogen-bond donors (Lipinski definition) is 1. The molecule has 0 fully saturated rings. The van der Waals surface area contributed by atoms with Gasteiger partial charge < -0.3 is 10.2 Å². The van der Waals surface area contributed by atoms with E-state index in [1.807, 2.05) is 26.8 Å². The van der Waals surface area contributed by atoms with Gasteiger partial charge in [-0.15, -0.1) is 0 Å². The largest absolute Gasteiger partial charge is 0.461 e. The maximum Gasteiger partial charge on any atom is 0.196 e. The average Bonchev–Trinajstić information content (AvgIpc) is 2.64. The maximum atomic E-state index is 5.65. The molecule has 4 heteroatoms. The Labute approximate surface area is 94.5 Å². The highest BCUT2D eigenvalue weighted by atomic mass is 16.3. The molecular formula is C12H15N3O. The third-order valence-electron chi connectivity index (χ3n) is 2.69. The number of hydrogen-bond acceptors (Lipinski definition) is 4. The minimum atomic E-state index is 0.467. The minimum Gasteiger partial charge on any atom is -0.461 e. The second kappa shape index (κ2) is 4.06. The van der Waals surface area contributed by atoms with Crippen LogP contribution in [0.5, 0.6) is 0 Å². The van der Waals surface area contributed by atoms with Crippen LogP contribution in [0.15, 0.2) is 16.7 Å². The van der Waals surface area contributed by atoms with Crippen molar-refractivity contribution in [1.29, 1.82) is 0 Å². The van der Waals surface area contributed by atoms with Gasteiger partial charge in [0.25, 0.3) is 0 Å². The summed E-state index contributed by atoms with van der Waals surface area (Å²) < 4.78 is 5.38. The molecule has 2 heterocycles. The van der Waals surface area contributed by atoms with E-state index >= 15 is 0 Å². The van der Waals surface area contributed by atoms with E-state index in [9.17, 15) is 0 Å². The molecule has 0 spiro atoms. The Bertz CT molecular complexity index is 494. The lowest BCUT2D eigenvalue weighted by atomic mass is 10.1. The van der Waals surface area contributed by atoms with Crippen molar-refractivity contribution in [3.8, 4) is 11.6 Å². The van der Waals surface area contributed by atoms with Crippen LogP contribution in [0.4, 0.5) is 0 Å². The number of rotatable bonds is 2. The van der Waals surface area contributed by atoms with Crippen molar-refractivity contribution in [2.24, 2.45) is 5.73 Å². The number of nitrogens with two attached hydrogens (primary N) is 1. The summed E-state index contributed by atoms with van der Waals surface area (Å²) in [5.74, 6) is 1.37. The van der Waals surface area contributed by atoms with Gasteiger partial charge in [-0.05, 0) is 32.4 Å². The van der Waals surface area contributed by atoms with Crippen LogP contribution < -0.4 is 5.73 Å². The van der Waals surface area contributed by atoms with Crippen molar-refractivity contribution < 1.29 is 4.42 Å². The van der Waals surface area contributed by atoms with Crippen LogP contribution in [0, 0.1) is 20.8 Å². The molecule has 0 amide bonds. The van der Waals surface area contributed by atoms with Gasteiger partial charge in [-0.3, -0.25) is 0 Å². The van der Waals surface area contributed by atoms with Gasteiger partial charge in [-0.1, -0.05) is 0 Å². The lowest BCUT2D eigenvalue weighted by molar-refractivity contribution is 0.574. The Morgan fingerprint density at radius 1 is 1.19 bits per heavy atom. The van der Waals surface area contributed by atoms with E-state index in [1.165, 1.54) is 0 Å². The molecule has 2 aromatic rings. The highest BCUT2D eigenvalue weighted by Crippen LogP contribution is 2.22. The summed E-state index contributed by atoms with van der Waals surface area (Å²) in [6, 6.07) is 1.90. The molecule has 0 aliphatic heterocycles. The van der Waals surface area contributed by atoms with E-state index in [-0.39, 0.29) is 0 Å². The second-order valence-corrected chi connectivity index (χ2v) is 3.83. The quantitative estimate of drug-likeness (QED) is 0.836. The van der Waals surface area contributed by atoms with Crippen molar-refractivity contribution >= 4 is 0 Å². The summed E-state index contributed by atoms with van der Waals surface area (Å²) in [7, 11) is 0. The Morgan fingerprint density at radius 2 is 1.81 bits per heavy atom. The summed E-state index contributed by atoms with van der Waals surface area (Å²) in [6.45, 7) is 6.33. The van der Waals surface area contributed by atoms with Crippen LogP contribution in [0.25, 0.3) is 11.6 Å². The first-order valence-electron chi connectivity index (χ1n) is 5.22. The van der Waals surface area contributed by atoms with Crippen molar-refractivity contribution in [1.82, 2.24) is 9.97 Å². The molecule has 0 saturated carbocycles. The number of aryl methyl sites for hydroxylation is 3. The molecule has 0 saturated heterocycles. The molecule has 0 aliphatic carbocycles. The molecule has 16 heavy (non-hydrogen) atoms. The van der Waals surface area contributed by atoms with Gasteiger partial charge >= 0.3 is 0 Å². The lowest BCUT2D eigenvalue weighted by Gasteiger charge is -2.07. The van der Waals surface area contributed by atoms with Crippen LogP contribution in [0.3, 0.4) is 0 Å². The minimum absolute atomic E-state index is 0.467. The van der Waals surface area contributed by atoms with Crippen molar-refractivity contribution in [2.75, 3.05) is 0 Å². The average molecular weight is 217 g/mol. The Kier molecular flexibility index (Phi) is 2.75. The van der Waals surface area contributed by atoms with Gasteiger partial charge in [0, 0.05) is 23.5 Å². The standard InChI is InChI=1S/C12H15N3O/c1-7-4-5-16-11(7)12-14-8(2)10(6-13)9(3)15-12/h4-5H,6,13H2,1-3H3. The van der Waals surface area contributed by atoms with Crippen LogP contribution in [0.2, 0.25) is 0 Å². The monoisotopic (exact) mass is 217 g/mol. The SMILES string of the molecule is Cc1ccoc1-c1nc(C)c(CN)c(C)n1. The number of nitrogens with zero attached hydrogens (tertiary/aromatic N) is 2. The molecule has 4 nitrogen and oxygen atoms in total. The molecule has 2 N–H and O–H groups in total. The van der Waals surface area contributed by atoms with E-state index in [1.54, 1.807) is 6.26 Å². The molecule has 0 atom stereocenters. The molecule has 0 aromatic carbocycles. The fourth-order valence-corrected chi connectivity index (χ4v) is 1.74. The maximum absolute atomic E-state index is 5.65. The first-order chi connectivity index (χ1) is 7.63. The fraction of sp³-hybridized carbons (Fsp3) is 0.333. The Balaban J connectivity index is 2.57. The predicted octanol–water partition coefficient (Wildman–Crippen LogP) is 2.12. The van der Waals surface area contributed by atoms with Crippen LogP contribution in [0.1, 0.15) is 22.5 Å². The molecule has 0 aliphatic rings. The highest BCUT2D eigenvalue weighted by molar-refractivity contribution is 5.53. The zero-order valence-electron chi connectivity index (χ0n) is 9.74. The third kappa shape index (κ3) is 1.72. The van der Waals surface area contributed by atoms with Gasteiger partial charge in [0.1, 0.15) is 0 Å². The summed E-state index contributed by atoms with van der Waals surface area (Å²) in [5.41, 5.74) is 9.53. The molecule has 2 rings (SSSR count). The summed E-state index contributed by atoms with van der Waals surface area (Å²) >= 11 is 0. The Morgan fingerprint density at radius 3 is 2.25 bits per heavy atom. The van der Waals surface area contributed by atoms with Crippen molar-refractivity contribution in [2.45, 2.75) is 27.3 Å². The molecule has 84 valence electrons. The summed E-state index contributed by atoms with van der Waals surface area (Å²) in [6.07, 6.45) is 1.65. The summed E-state index contributed by atoms with van der Waals surface area (Å²) in [5, 5.41) is 0. The van der Waals surface area contributed by atoms with Gasteiger partial charge in [-0.2, -0.15) is 0 Å². The van der Waals surface area contributed by atoms with E-state index < -0.39 is 0 Å². The normalized spacial score (nSPS) is 10.8. The smallest absolute Gasteiger partial charge is 0.196 e. The van der Waals surface area contributed by atoms with E-state index in [2.05, 4.69) is 9.97 Å². The zero-order valence-corrected chi connectivity index (χ0v) is 9.74. The van der Waals surface area contributed by atoms with E-state index in [0.717, 1.165) is 28.3 Å². The van der Waals surface area contributed by atoms with Crippen LogP contribution in [-0.2, 0) is 6.54 Å². The predicted molar refractivity (Wildman–Crippen MR) is 61.8 cm³/mol. The van der Waals surface area contributed by atoms with Gasteiger partial charge in [0.2, 0.25) is 0 Å². The first-order valence-corrected chi connectivity index (χ1v) is 5.22. The van der Waals surface area contributed by atoms with Crippen molar-refractivity contribution in [3.63, 3.8) is 0 Å². The fourth-order valence-electron chi connectivity index (χ4n) is 1.74. The van der Waals surface area contributed by atoms with E-state index in [4.69, 9.17) is 10.2 Å². The number of aromatic nitrogens is 2. The topological polar surface area (TPSA) is 64.9 Å². The summed E-state index contributed by atoms with van der Waals surface area (Å²) in [4.78, 5) is 8.85. The Hall–Kier alpha value is -1.68. The zero-order chi connectivity index (χ0) is 11.7. The second-order valence-electron chi connectivity index (χ2n) is 3.83. The van der Waals surface area contributed by atoms with Crippen molar-refractivity contribution in [3.05, 3.63) is 34.8 Å². The molecule has 2 aromatic heterocycles. The number of furan rings is 1. The highest BCUT2D eigenvalue weighted by Gasteiger charge is 2.12. The van der Waals surface area contributed by atoms with Gasteiger partial charge in [-0.25, -0.2) is 9.97 Å². The van der Waals surface area contributed by atoms with Gasteiger partial charge in [0.05, 0.1) is 6.26 Å². The van der Waals surface area contributed by atoms with Crippen LogP contribution in [-0.4, -0.2) is 9.97 Å². The van der Waals surface area contributed by atoms with Gasteiger partial charge in [0.15, 0.2) is 11.6 Å². The first kappa shape index (κ1) is 10.8.